The topological polar surface area (TPSA) is 54.9 Å². The fraction of sp³-hybridized carbons (Fsp3) is 0.562. The van der Waals surface area contributed by atoms with Crippen molar-refractivity contribution < 1.29 is 9.47 Å². The Hall–Kier alpha value is -1.62. The maximum Gasteiger partial charge on any atom is 0.191 e. The van der Waals surface area contributed by atoms with Crippen LogP contribution >= 0.6 is 11.6 Å². The highest BCUT2D eigenvalue weighted by Crippen LogP contribution is 2.38. The minimum absolute atomic E-state index is 0.532. The Morgan fingerprint density at radius 1 is 1.27 bits per heavy atom. The van der Waals surface area contributed by atoms with Crippen molar-refractivity contribution in [1.82, 2.24) is 10.6 Å². The molecule has 0 amide bonds. The fourth-order valence-electron chi connectivity index (χ4n) is 2.07. The minimum Gasteiger partial charge on any atom is -0.486 e. The van der Waals surface area contributed by atoms with Crippen LogP contribution in [0, 0.1) is 5.92 Å². The monoisotopic (exact) mass is 325 g/mol. The Balaban J connectivity index is 2.07. The number of nitrogens with one attached hydrogen (secondary N) is 2. The molecular formula is C16H24ClN3O2. The molecule has 0 saturated carbocycles. The summed E-state index contributed by atoms with van der Waals surface area (Å²) < 4.78 is 11.1. The van der Waals surface area contributed by atoms with Gasteiger partial charge in [0.1, 0.15) is 13.2 Å². The number of benzene rings is 1. The first-order chi connectivity index (χ1) is 10.6. The average molecular weight is 326 g/mol. The standard InChI is InChI=1S/C16H24ClN3O2/c1-4-18-16(19-9-11(2)3)20-10-12-7-13(17)15-14(8-12)21-5-6-22-15/h7-8,11H,4-6,9-10H2,1-3H3,(H2,18,19,20). The maximum absolute atomic E-state index is 6.24. The van der Waals surface area contributed by atoms with Crippen LogP contribution in [0.5, 0.6) is 11.5 Å². The van der Waals surface area contributed by atoms with Crippen molar-refractivity contribution in [2.24, 2.45) is 10.9 Å². The third-order valence-electron chi connectivity index (χ3n) is 3.10. The second-order valence-corrected chi connectivity index (χ2v) is 5.98. The van der Waals surface area contributed by atoms with Crippen LogP contribution in [0.25, 0.3) is 0 Å². The minimum atomic E-state index is 0.532. The lowest BCUT2D eigenvalue weighted by Gasteiger charge is -2.20. The van der Waals surface area contributed by atoms with E-state index in [1.807, 2.05) is 19.1 Å². The van der Waals surface area contributed by atoms with E-state index in [-0.39, 0.29) is 0 Å². The molecule has 0 fully saturated rings. The van der Waals surface area contributed by atoms with E-state index in [0.29, 0.717) is 42.2 Å². The van der Waals surface area contributed by atoms with E-state index >= 15 is 0 Å². The van der Waals surface area contributed by atoms with E-state index < -0.39 is 0 Å². The molecule has 0 atom stereocenters. The summed E-state index contributed by atoms with van der Waals surface area (Å²) in [6, 6.07) is 3.82. The van der Waals surface area contributed by atoms with Gasteiger partial charge < -0.3 is 20.1 Å². The smallest absolute Gasteiger partial charge is 0.191 e. The Labute approximate surface area is 137 Å². The SMILES string of the molecule is CCNC(=NCc1cc(Cl)c2c(c1)OCCO2)NCC(C)C. The van der Waals surface area contributed by atoms with Crippen LogP contribution < -0.4 is 20.1 Å². The normalized spacial score (nSPS) is 14.1. The first-order valence-electron chi connectivity index (χ1n) is 7.70. The second-order valence-electron chi connectivity index (χ2n) is 5.57. The van der Waals surface area contributed by atoms with E-state index in [9.17, 15) is 0 Å². The zero-order valence-corrected chi connectivity index (χ0v) is 14.2. The molecule has 5 nitrogen and oxygen atoms in total. The molecule has 1 aromatic carbocycles. The lowest BCUT2D eigenvalue weighted by molar-refractivity contribution is 0.171. The summed E-state index contributed by atoms with van der Waals surface area (Å²) in [7, 11) is 0. The number of ether oxygens (including phenoxy) is 2. The molecule has 0 aliphatic carbocycles. The highest BCUT2D eigenvalue weighted by atomic mass is 35.5. The molecule has 1 heterocycles. The molecule has 0 radical (unpaired) electrons. The number of rotatable bonds is 5. The molecule has 122 valence electrons. The summed E-state index contributed by atoms with van der Waals surface area (Å²) in [5.74, 6) is 2.70. The van der Waals surface area contributed by atoms with Crippen LogP contribution in [-0.2, 0) is 6.54 Å². The molecule has 0 unspecified atom stereocenters. The van der Waals surface area contributed by atoms with E-state index in [4.69, 9.17) is 21.1 Å². The predicted octanol–water partition coefficient (Wildman–Crippen LogP) is 2.82. The van der Waals surface area contributed by atoms with Gasteiger partial charge in [0.15, 0.2) is 17.5 Å². The molecule has 22 heavy (non-hydrogen) atoms. The number of halogens is 1. The lowest BCUT2D eigenvalue weighted by Crippen LogP contribution is -2.39. The summed E-state index contributed by atoms with van der Waals surface area (Å²) in [5, 5.41) is 7.12. The molecule has 2 rings (SSSR count). The lowest BCUT2D eigenvalue weighted by atomic mass is 10.2. The molecule has 1 aliphatic rings. The zero-order valence-electron chi connectivity index (χ0n) is 13.4. The van der Waals surface area contributed by atoms with Gasteiger partial charge in [-0.25, -0.2) is 4.99 Å². The Bertz CT molecular complexity index is 532. The summed E-state index contributed by atoms with van der Waals surface area (Å²) in [4.78, 5) is 4.59. The van der Waals surface area contributed by atoms with Crippen LogP contribution in [-0.4, -0.2) is 32.3 Å². The van der Waals surface area contributed by atoms with E-state index in [1.54, 1.807) is 0 Å². The predicted molar refractivity (Wildman–Crippen MR) is 90.1 cm³/mol. The van der Waals surface area contributed by atoms with Gasteiger partial charge >= 0.3 is 0 Å². The number of aliphatic imine (C=N–C) groups is 1. The highest BCUT2D eigenvalue weighted by molar-refractivity contribution is 6.32. The number of guanidine groups is 1. The molecule has 1 aromatic rings. The van der Waals surface area contributed by atoms with Gasteiger partial charge in [-0.2, -0.15) is 0 Å². The van der Waals surface area contributed by atoms with Crippen LogP contribution in [0.4, 0.5) is 0 Å². The van der Waals surface area contributed by atoms with Gasteiger partial charge in [0.25, 0.3) is 0 Å². The van der Waals surface area contributed by atoms with Gasteiger partial charge in [0.2, 0.25) is 0 Å². The molecule has 6 heteroatoms. The third-order valence-corrected chi connectivity index (χ3v) is 3.38. The van der Waals surface area contributed by atoms with Gasteiger partial charge in [-0.15, -0.1) is 0 Å². The van der Waals surface area contributed by atoms with Crippen LogP contribution in [0.15, 0.2) is 17.1 Å². The van der Waals surface area contributed by atoms with Gasteiger partial charge in [-0.1, -0.05) is 25.4 Å². The van der Waals surface area contributed by atoms with Crippen molar-refractivity contribution >= 4 is 17.6 Å². The van der Waals surface area contributed by atoms with E-state index in [1.165, 1.54) is 0 Å². The summed E-state index contributed by atoms with van der Waals surface area (Å²) in [6.45, 7) is 9.70. The van der Waals surface area contributed by atoms with E-state index in [0.717, 1.165) is 24.6 Å². The molecule has 2 N–H and O–H groups in total. The van der Waals surface area contributed by atoms with Gasteiger partial charge in [-0.05, 0) is 30.5 Å². The van der Waals surface area contributed by atoms with Crippen molar-refractivity contribution in [3.05, 3.63) is 22.7 Å². The highest BCUT2D eigenvalue weighted by Gasteiger charge is 2.16. The van der Waals surface area contributed by atoms with Crippen molar-refractivity contribution in [2.75, 3.05) is 26.3 Å². The first kappa shape index (κ1) is 16.7. The first-order valence-corrected chi connectivity index (χ1v) is 8.08. The number of fused-ring (bicyclic) bond motifs is 1. The zero-order chi connectivity index (χ0) is 15.9. The van der Waals surface area contributed by atoms with Crippen molar-refractivity contribution in [3.8, 4) is 11.5 Å². The molecule has 0 saturated heterocycles. The van der Waals surface area contributed by atoms with Crippen LogP contribution in [0.2, 0.25) is 5.02 Å². The van der Waals surface area contributed by atoms with Crippen molar-refractivity contribution in [3.63, 3.8) is 0 Å². The molecule has 0 aromatic heterocycles. The second kappa shape index (κ2) is 8.13. The number of hydrogen-bond donors (Lipinski definition) is 2. The molecule has 0 spiro atoms. The van der Waals surface area contributed by atoms with Crippen molar-refractivity contribution in [1.29, 1.82) is 0 Å². The van der Waals surface area contributed by atoms with Crippen LogP contribution in [0.3, 0.4) is 0 Å². The average Bonchev–Trinajstić information content (AvgIpc) is 2.50. The quantitative estimate of drug-likeness (QED) is 0.645. The van der Waals surface area contributed by atoms with Crippen LogP contribution in [0.1, 0.15) is 26.3 Å². The number of hydrogen-bond acceptors (Lipinski definition) is 3. The summed E-state index contributed by atoms with van der Waals surface area (Å²) in [6.07, 6.45) is 0. The third kappa shape index (κ3) is 4.70. The van der Waals surface area contributed by atoms with Crippen molar-refractivity contribution in [2.45, 2.75) is 27.3 Å². The number of nitrogens with zero attached hydrogens (tertiary/aromatic N) is 1. The largest absolute Gasteiger partial charge is 0.486 e. The maximum atomic E-state index is 6.24. The Kier molecular flexibility index (Phi) is 6.19. The Morgan fingerprint density at radius 3 is 2.77 bits per heavy atom. The fourth-order valence-corrected chi connectivity index (χ4v) is 2.36. The molecular weight excluding hydrogens is 302 g/mol. The molecule has 0 bridgehead atoms. The summed E-state index contributed by atoms with van der Waals surface area (Å²) in [5.41, 5.74) is 0.996. The Morgan fingerprint density at radius 2 is 2.05 bits per heavy atom. The summed E-state index contributed by atoms with van der Waals surface area (Å²) >= 11 is 6.24. The van der Waals surface area contributed by atoms with Gasteiger partial charge in [0, 0.05) is 13.1 Å². The van der Waals surface area contributed by atoms with E-state index in [2.05, 4.69) is 29.5 Å². The van der Waals surface area contributed by atoms with Gasteiger partial charge in [-0.3, -0.25) is 0 Å². The van der Waals surface area contributed by atoms with Gasteiger partial charge in [0.05, 0.1) is 11.6 Å². The molecule has 1 aliphatic heterocycles.